The molecule has 0 aromatic carbocycles. The Labute approximate surface area is 90.6 Å². The number of amides is 1. The summed E-state index contributed by atoms with van der Waals surface area (Å²) in [5.41, 5.74) is 0. The molecule has 2 aliphatic rings. The number of hydrogen-bond donors (Lipinski definition) is 0. The predicted molar refractivity (Wildman–Crippen MR) is 57.3 cm³/mol. The van der Waals surface area contributed by atoms with E-state index in [1.54, 1.807) is 0 Å². The highest BCUT2D eigenvalue weighted by Crippen LogP contribution is 2.40. The average molecular weight is 216 g/mol. The van der Waals surface area contributed by atoms with Gasteiger partial charge in [0.05, 0.1) is 5.38 Å². The Kier molecular flexibility index (Phi) is 2.74. The second-order valence-electron chi connectivity index (χ2n) is 4.89. The van der Waals surface area contributed by atoms with Crippen molar-refractivity contribution < 1.29 is 4.79 Å². The second kappa shape index (κ2) is 3.73. The van der Waals surface area contributed by atoms with Crippen LogP contribution in [0.3, 0.4) is 0 Å². The van der Waals surface area contributed by atoms with Crippen LogP contribution in [0.4, 0.5) is 0 Å². The van der Waals surface area contributed by atoms with Crippen LogP contribution in [0.1, 0.15) is 26.7 Å². The molecule has 1 saturated carbocycles. The minimum Gasteiger partial charge on any atom is -0.341 e. The van der Waals surface area contributed by atoms with E-state index in [9.17, 15) is 4.79 Å². The number of carbonyl (C=O) groups is 1. The first-order chi connectivity index (χ1) is 6.59. The Bertz CT molecular complexity index is 243. The summed E-state index contributed by atoms with van der Waals surface area (Å²) in [6.07, 6.45) is 2.14. The molecule has 0 bridgehead atoms. The van der Waals surface area contributed by atoms with E-state index in [0.717, 1.165) is 25.9 Å². The number of alkyl halides is 1. The van der Waals surface area contributed by atoms with Gasteiger partial charge in [0.15, 0.2) is 0 Å². The van der Waals surface area contributed by atoms with Crippen LogP contribution in [0.5, 0.6) is 0 Å². The number of likely N-dealkylation sites (tertiary alicyclic amines) is 1. The Morgan fingerprint density at radius 3 is 2.50 bits per heavy atom. The highest BCUT2D eigenvalue weighted by molar-refractivity contribution is 6.21. The van der Waals surface area contributed by atoms with Crippen LogP contribution in [0, 0.1) is 17.8 Å². The molecule has 14 heavy (non-hydrogen) atoms. The number of halogens is 1. The highest BCUT2D eigenvalue weighted by atomic mass is 35.5. The zero-order valence-corrected chi connectivity index (χ0v) is 9.63. The van der Waals surface area contributed by atoms with Crippen LogP contribution in [-0.4, -0.2) is 29.3 Å². The van der Waals surface area contributed by atoms with Gasteiger partial charge in [-0.15, -0.1) is 11.6 Å². The molecule has 3 heteroatoms. The molecule has 1 saturated heterocycles. The summed E-state index contributed by atoms with van der Waals surface area (Å²) in [6, 6.07) is 0. The summed E-state index contributed by atoms with van der Waals surface area (Å²) < 4.78 is 0. The molecule has 0 radical (unpaired) electrons. The summed E-state index contributed by atoms with van der Waals surface area (Å²) in [5, 5.41) is 0.154. The third-order valence-electron chi connectivity index (χ3n) is 3.60. The Hall–Kier alpha value is -0.240. The molecule has 0 spiro atoms. The van der Waals surface area contributed by atoms with E-state index in [4.69, 9.17) is 11.6 Å². The van der Waals surface area contributed by atoms with Gasteiger partial charge in [-0.05, 0) is 24.7 Å². The molecule has 1 aliphatic carbocycles. The molecular formula is C11H18ClNO. The first-order valence-electron chi connectivity index (χ1n) is 5.52. The molecule has 2 fully saturated rings. The van der Waals surface area contributed by atoms with Crippen molar-refractivity contribution in [2.24, 2.45) is 17.8 Å². The zero-order valence-electron chi connectivity index (χ0n) is 8.87. The van der Waals surface area contributed by atoms with E-state index < -0.39 is 0 Å². The number of rotatable bonds is 1. The lowest BCUT2D eigenvalue weighted by Crippen LogP contribution is -2.44. The third-order valence-corrected chi connectivity index (χ3v) is 4.17. The predicted octanol–water partition coefficient (Wildman–Crippen LogP) is 2.12. The highest BCUT2D eigenvalue weighted by Gasteiger charge is 2.42. The summed E-state index contributed by atoms with van der Waals surface area (Å²) in [6.45, 7) is 5.98. The second-order valence-corrected chi connectivity index (χ2v) is 5.45. The van der Waals surface area contributed by atoms with Gasteiger partial charge < -0.3 is 4.90 Å². The van der Waals surface area contributed by atoms with Crippen LogP contribution in [0.2, 0.25) is 0 Å². The molecule has 80 valence electrons. The van der Waals surface area contributed by atoms with Crippen LogP contribution >= 0.6 is 11.6 Å². The van der Waals surface area contributed by atoms with Crippen molar-refractivity contribution >= 4 is 17.5 Å². The van der Waals surface area contributed by atoms with E-state index in [2.05, 4.69) is 13.8 Å². The molecule has 1 aliphatic heterocycles. The molecule has 0 aromatic heterocycles. The Balaban J connectivity index is 1.90. The maximum Gasteiger partial charge on any atom is 0.226 e. The van der Waals surface area contributed by atoms with Gasteiger partial charge in [-0.25, -0.2) is 0 Å². The monoisotopic (exact) mass is 215 g/mol. The molecule has 0 N–H and O–H groups in total. The van der Waals surface area contributed by atoms with Crippen LogP contribution in [0.25, 0.3) is 0 Å². The number of carbonyl (C=O) groups excluding carboxylic acids is 1. The van der Waals surface area contributed by atoms with Crippen LogP contribution in [-0.2, 0) is 4.79 Å². The lowest BCUT2D eigenvalue weighted by molar-refractivity contribution is -0.134. The summed E-state index contributed by atoms with van der Waals surface area (Å²) in [4.78, 5) is 13.9. The van der Waals surface area contributed by atoms with Gasteiger partial charge in [0, 0.05) is 19.0 Å². The number of hydrogen-bond acceptors (Lipinski definition) is 1. The lowest BCUT2D eigenvalue weighted by Gasteiger charge is -2.34. The molecule has 0 aromatic rings. The minimum absolute atomic E-state index is 0.154. The number of piperidine rings is 1. The van der Waals surface area contributed by atoms with Gasteiger partial charge >= 0.3 is 0 Å². The van der Waals surface area contributed by atoms with Crippen LogP contribution < -0.4 is 0 Å². The SMILES string of the molecule is CC1CCN(C(=O)C2CC2C)CC1Cl. The zero-order chi connectivity index (χ0) is 10.3. The fraction of sp³-hybridized carbons (Fsp3) is 0.909. The van der Waals surface area contributed by atoms with Crippen LogP contribution in [0.15, 0.2) is 0 Å². The molecule has 4 unspecified atom stereocenters. The van der Waals surface area contributed by atoms with Crippen molar-refractivity contribution in [1.82, 2.24) is 4.90 Å². The van der Waals surface area contributed by atoms with Gasteiger partial charge in [-0.3, -0.25) is 4.79 Å². The molecule has 2 rings (SSSR count). The first-order valence-corrected chi connectivity index (χ1v) is 5.96. The average Bonchev–Trinajstić information content (AvgIpc) is 2.86. The van der Waals surface area contributed by atoms with E-state index in [0.29, 0.717) is 23.7 Å². The first kappa shape index (κ1) is 10.3. The summed E-state index contributed by atoms with van der Waals surface area (Å²) >= 11 is 6.17. The normalized spacial score (nSPS) is 42.4. The quantitative estimate of drug-likeness (QED) is 0.614. The van der Waals surface area contributed by atoms with E-state index in [-0.39, 0.29) is 5.38 Å². The smallest absolute Gasteiger partial charge is 0.226 e. The topological polar surface area (TPSA) is 20.3 Å². The molecule has 1 heterocycles. The van der Waals surface area contributed by atoms with E-state index >= 15 is 0 Å². The Morgan fingerprint density at radius 2 is 2.00 bits per heavy atom. The van der Waals surface area contributed by atoms with Crippen molar-refractivity contribution in [3.8, 4) is 0 Å². The molecular weight excluding hydrogens is 198 g/mol. The summed E-state index contributed by atoms with van der Waals surface area (Å²) in [5.74, 6) is 1.82. The van der Waals surface area contributed by atoms with Crippen molar-refractivity contribution in [2.45, 2.75) is 32.1 Å². The molecule has 1 amide bonds. The van der Waals surface area contributed by atoms with Crippen molar-refractivity contribution in [1.29, 1.82) is 0 Å². The van der Waals surface area contributed by atoms with Crippen molar-refractivity contribution in [2.75, 3.05) is 13.1 Å². The standard InChI is InChI=1S/C11H18ClNO/c1-7-3-4-13(6-10(7)12)11(14)9-5-8(9)2/h7-10H,3-6H2,1-2H3. The lowest BCUT2D eigenvalue weighted by atomic mass is 9.98. The minimum atomic E-state index is 0.154. The summed E-state index contributed by atoms with van der Waals surface area (Å²) in [7, 11) is 0. The molecule has 4 atom stereocenters. The van der Waals surface area contributed by atoms with Crippen molar-refractivity contribution in [3.63, 3.8) is 0 Å². The van der Waals surface area contributed by atoms with Crippen molar-refractivity contribution in [3.05, 3.63) is 0 Å². The van der Waals surface area contributed by atoms with Gasteiger partial charge in [0.2, 0.25) is 5.91 Å². The Morgan fingerprint density at radius 1 is 1.36 bits per heavy atom. The fourth-order valence-corrected chi connectivity index (χ4v) is 2.42. The largest absolute Gasteiger partial charge is 0.341 e. The van der Waals surface area contributed by atoms with E-state index in [1.165, 1.54) is 0 Å². The maximum atomic E-state index is 11.9. The van der Waals surface area contributed by atoms with E-state index in [1.807, 2.05) is 4.90 Å². The van der Waals surface area contributed by atoms with Gasteiger partial charge in [-0.2, -0.15) is 0 Å². The molecule has 2 nitrogen and oxygen atoms in total. The van der Waals surface area contributed by atoms with Gasteiger partial charge in [0.1, 0.15) is 0 Å². The fourth-order valence-electron chi connectivity index (χ4n) is 2.12. The van der Waals surface area contributed by atoms with Gasteiger partial charge in [0.25, 0.3) is 0 Å². The number of nitrogens with zero attached hydrogens (tertiary/aromatic N) is 1. The maximum absolute atomic E-state index is 11.9. The van der Waals surface area contributed by atoms with Gasteiger partial charge in [-0.1, -0.05) is 13.8 Å². The third kappa shape index (κ3) is 1.90.